The third-order valence-corrected chi connectivity index (χ3v) is 4.82. The lowest BCUT2D eigenvalue weighted by atomic mass is 10.0. The van der Waals surface area contributed by atoms with Crippen molar-refractivity contribution in [3.05, 3.63) is 65.0 Å². The fraction of sp³-hybridized carbons (Fsp3) is 0.174. The Morgan fingerprint density at radius 1 is 1.13 bits per heavy atom. The molecular formula is C23H19FN2O4. The maximum atomic E-state index is 13.7. The highest BCUT2D eigenvalue weighted by atomic mass is 19.1. The second-order valence-corrected chi connectivity index (χ2v) is 7.39. The van der Waals surface area contributed by atoms with Crippen molar-refractivity contribution in [2.24, 2.45) is 0 Å². The summed E-state index contributed by atoms with van der Waals surface area (Å²) in [6.45, 7) is 5.17. The van der Waals surface area contributed by atoms with Crippen LogP contribution in [-0.4, -0.2) is 33.1 Å². The minimum atomic E-state index is -1.12. The van der Waals surface area contributed by atoms with Gasteiger partial charge in [-0.3, -0.25) is 0 Å². The molecule has 2 N–H and O–H groups in total. The number of rotatable bonds is 4. The quantitative estimate of drug-likeness (QED) is 0.460. The number of carboxylic acid groups (broad SMARTS) is 1. The number of carbonyl (C=O) groups excluding carboxylic acids is 1. The van der Waals surface area contributed by atoms with Crippen molar-refractivity contribution < 1.29 is 23.8 Å². The van der Waals surface area contributed by atoms with E-state index in [0.717, 1.165) is 0 Å². The summed E-state index contributed by atoms with van der Waals surface area (Å²) in [7, 11) is 0. The molecule has 0 aliphatic carbocycles. The number of aromatic amines is 1. The van der Waals surface area contributed by atoms with Crippen LogP contribution in [-0.2, 0) is 4.74 Å². The minimum absolute atomic E-state index is 0.0412. The van der Waals surface area contributed by atoms with Crippen LogP contribution in [0.3, 0.4) is 0 Å². The van der Waals surface area contributed by atoms with Crippen LogP contribution in [0, 0.1) is 12.7 Å². The van der Waals surface area contributed by atoms with Crippen LogP contribution >= 0.6 is 0 Å². The largest absolute Gasteiger partial charge is 0.478 e. The van der Waals surface area contributed by atoms with E-state index in [1.54, 1.807) is 51.1 Å². The van der Waals surface area contributed by atoms with Crippen LogP contribution in [0.2, 0.25) is 0 Å². The maximum Gasteiger partial charge on any atom is 0.338 e. The van der Waals surface area contributed by atoms with Gasteiger partial charge in [-0.2, -0.15) is 0 Å². The Bertz CT molecular complexity index is 1320. The average molecular weight is 406 g/mol. The summed E-state index contributed by atoms with van der Waals surface area (Å²) in [6, 6.07) is 10.9. The normalized spacial score (nSPS) is 11.4. The summed E-state index contributed by atoms with van der Waals surface area (Å²) in [5.41, 5.74) is 3.27. The Labute approximate surface area is 171 Å². The van der Waals surface area contributed by atoms with Gasteiger partial charge in [0.25, 0.3) is 0 Å². The van der Waals surface area contributed by atoms with Crippen molar-refractivity contribution in [1.29, 1.82) is 0 Å². The molecule has 0 saturated carbocycles. The molecule has 0 fully saturated rings. The van der Waals surface area contributed by atoms with Crippen molar-refractivity contribution in [1.82, 2.24) is 9.97 Å². The highest BCUT2D eigenvalue weighted by Gasteiger charge is 2.19. The lowest BCUT2D eigenvalue weighted by Crippen LogP contribution is -2.11. The molecule has 7 heteroatoms. The molecular weight excluding hydrogens is 387 g/mol. The third-order valence-electron chi connectivity index (χ3n) is 4.82. The first-order chi connectivity index (χ1) is 14.2. The first-order valence-electron chi connectivity index (χ1n) is 9.42. The first kappa shape index (κ1) is 19.6. The molecule has 0 aliphatic rings. The molecule has 6 nitrogen and oxygen atoms in total. The Morgan fingerprint density at radius 3 is 2.57 bits per heavy atom. The van der Waals surface area contributed by atoms with Gasteiger partial charge in [0.2, 0.25) is 0 Å². The summed E-state index contributed by atoms with van der Waals surface area (Å²) in [4.78, 5) is 31.8. The number of nitrogens with one attached hydrogen (secondary N) is 1. The molecule has 0 amide bonds. The number of halogens is 1. The van der Waals surface area contributed by atoms with Crippen LogP contribution in [0.1, 0.15) is 40.1 Å². The van der Waals surface area contributed by atoms with Crippen molar-refractivity contribution in [2.45, 2.75) is 26.9 Å². The Balaban J connectivity index is 1.93. The van der Waals surface area contributed by atoms with Gasteiger partial charge in [-0.1, -0.05) is 0 Å². The van der Waals surface area contributed by atoms with Gasteiger partial charge in [-0.15, -0.1) is 0 Å². The second kappa shape index (κ2) is 7.26. The zero-order valence-corrected chi connectivity index (χ0v) is 16.6. The predicted octanol–water partition coefficient (Wildman–Crippen LogP) is 5.09. The molecule has 2 aromatic heterocycles. The zero-order chi connectivity index (χ0) is 21.6. The SMILES string of the molecule is Cc1cc(-c2cc(C(=O)O)c3[nH]c4cc(C(=O)OC(C)C)ccc4c3n2)ccc1F. The number of esters is 1. The fourth-order valence-corrected chi connectivity index (χ4v) is 3.39. The number of carboxylic acids is 1. The first-order valence-corrected chi connectivity index (χ1v) is 9.42. The summed E-state index contributed by atoms with van der Waals surface area (Å²) in [6.07, 6.45) is -0.252. The molecule has 0 unspecified atom stereocenters. The number of nitrogens with zero attached hydrogens (tertiary/aromatic N) is 1. The molecule has 4 rings (SSSR count). The highest BCUT2D eigenvalue weighted by molar-refractivity contribution is 6.13. The van der Waals surface area contributed by atoms with Gasteiger partial charge in [0.15, 0.2) is 0 Å². The fourth-order valence-electron chi connectivity index (χ4n) is 3.39. The molecule has 2 heterocycles. The molecule has 30 heavy (non-hydrogen) atoms. The molecule has 2 aromatic carbocycles. The van der Waals surface area contributed by atoms with Gasteiger partial charge < -0.3 is 14.8 Å². The van der Waals surface area contributed by atoms with Crippen molar-refractivity contribution in [3.8, 4) is 11.3 Å². The predicted molar refractivity (Wildman–Crippen MR) is 111 cm³/mol. The van der Waals surface area contributed by atoms with E-state index >= 15 is 0 Å². The lowest BCUT2D eigenvalue weighted by Gasteiger charge is -2.07. The van der Waals surface area contributed by atoms with Crippen molar-refractivity contribution >= 4 is 33.9 Å². The van der Waals surface area contributed by atoms with E-state index in [1.165, 1.54) is 12.1 Å². The van der Waals surface area contributed by atoms with Crippen molar-refractivity contribution in [3.63, 3.8) is 0 Å². The zero-order valence-electron chi connectivity index (χ0n) is 16.6. The number of carbonyl (C=O) groups is 2. The number of hydrogen-bond donors (Lipinski definition) is 2. The Kier molecular flexibility index (Phi) is 4.73. The molecule has 0 atom stereocenters. The highest BCUT2D eigenvalue weighted by Crippen LogP contribution is 2.31. The van der Waals surface area contributed by atoms with E-state index in [4.69, 9.17) is 4.74 Å². The Morgan fingerprint density at radius 2 is 1.90 bits per heavy atom. The molecule has 0 bridgehead atoms. The molecule has 152 valence electrons. The number of H-pyrrole nitrogens is 1. The standard InChI is InChI=1S/C23H19FN2O4/c1-11(2)30-23(29)14-4-6-15-19(9-14)26-21-16(22(27)28)10-18(25-20(15)21)13-5-7-17(24)12(3)8-13/h4-11,26H,1-3H3,(H,27,28). The molecule has 0 spiro atoms. The van der Waals surface area contributed by atoms with E-state index < -0.39 is 11.9 Å². The topological polar surface area (TPSA) is 92.3 Å². The summed E-state index contributed by atoms with van der Waals surface area (Å²) in [5, 5.41) is 10.4. The average Bonchev–Trinajstić information content (AvgIpc) is 3.06. The smallest absolute Gasteiger partial charge is 0.338 e. The second-order valence-electron chi connectivity index (χ2n) is 7.39. The summed E-state index contributed by atoms with van der Waals surface area (Å²) in [5.74, 6) is -1.92. The van der Waals surface area contributed by atoms with Gasteiger partial charge in [0, 0.05) is 16.5 Å². The molecule has 0 aliphatic heterocycles. The molecule has 0 radical (unpaired) electrons. The molecule has 0 saturated heterocycles. The third kappa shape index (κ3) is 3.39. The number of aromatic carboxylic acids is 1. The van der Waals surface area contributed by atoms with Gasteiger partial charge in [-0.05, 0) is 68.8 Å². The number of ether oxygens (including phenoxy) is 1. The number of aromatic nitrogens is 2. The summed E-state index contributed by atoms with van der Waals surface area (Å²) < 4.78 is 18.9. The van der Waals surface area contributed by atoms with Crippen LogP contribution in [0.15, 0.2) is 42.5 Å². The maximum absolute atomic E-state index is 13.7. The number of pyridine rings is 1. The molecule has 4 aromatic rings. The van der Waals surface area contributed by atoms with Crippen LogP contribution in [0.25, 0.3) is 33.2 Å². The number of aryl methyl sites for hydroxylation is 1. The van der Waals surface area contributed by atoms with E-state index in [2.05, 4.69) is 9.97 Å². The lowest BCUT2D eigenvalue weighted by molar-refractivity contribution is 0.0377. The summed E-state index contributed by atoms with van der Waals surface area (Å²) >= 11 is 0. The van der Waals surface area contributed by atoms with Crippen LogP contribution in [0.5, 0.6) is 0 Å². The number of hydrogen-bond acceptors (Lipinski definition) is 4. The van der Waals surface area contributed by atoms with Gasteiger partial charge in [0.1, 0.15) is 5.82 Å². The van der Waals surface area contributed by atoms with Gasteiger partial charge >= 0.3 is 11.9 Å². The van der Waals surface area contributed by atoms with Crippen LogP contribution in [0.4, 0.5) is 4.39 Å². The van der Waals surface area contributed by atoms with E-state index in [9.17, 15) is 19.1 Å². The van der Waals surface area contributed by atoms with E-state index in [1.807, 2.05) is 0 Å². The van der Waals surface area contributed by atoms with Gasteiger partial charge in [-0.25, -0.2) is 19.0 Å². The van der Waals surface area contributed by atoms with Crippen molar-refractivity contribution in [2.75, 3.05) is 0 Å². The Hall–Kier alpha value is -3.74. The van der Waals surface area contributed by atoms with E-state index in [-0.39, 0.29) is 17.5 Å². The van der Waals surface area contributed by atoms with Crippen LogP contribution < -0.4 is 0 Å². The monoisotopic (exact) mass is 406 g/mol. The van der Waals surface area contributed by atoms with E-state index in [0.29, 0.717) is 44.3 Å². The van der Waals surface area contributed by atoms with Gasteiger partial charge in [0.05, 0.1) is 34.0 Å². The number of fused-ring (bicyclic) bond motifs is 3. The minimum Gasteiger partial charge on any atom is -0.478 e. The number of benzene rings is 2.